The van der Waals surface area contributed by atoms with Gasteiger partial charge in [0.25, 0.3) is 0 Å². The Bertz CT molecular complexity index is 745. The number of sulfonamides is 1. The van der Waals surface area contributed by atoms with E-state index in [2.05, 4.69) is 10.2 Å². The predicted octanol–water partition coefficient (Wildman–Crippen LogP) is 1.07. The van der Waals surface area contributed by atoms with Gasteiger partial charge in [-0.1, -0.05) is 0 Å². The molecular weight excluding hydrogens is 290 g/mol. The minimum atomic E-state index is -3.55. The van der Waals surface area contributed by atoms with Crippen LogP contribution in [0.3, 0.4) is 0 Å². The van der Waals surface area contributed by atoms with Crippen molar-refractivity contribution in [3.05, 3.63) is 29.3 Å². The number of hydrogen-bond donors (Lipinski definition) is 0. The van der Waals surface area contributed by atoms with Crippen LogP contribution in [0, 0.1) is 13.8 Å². The molecule has 0 spiro atoms. The summed E-state index contributed by atoms with van der Waals surface area (Å²) in [6.45, 7) is 6.71. The third kappa shape index (κ3) is 2.86. The van der Waals surface area contributed by atoms with Crippen molar-refractivity contribution in [2.75, 3.05) is 7.05 Å². The summed E-state index contributed by atoms with van der Waals surface area (Å²) in [6.07, 6.45) is 3.25. The highest BCUT2D eigenvalue weighted by atomic mass is 32.2. The third-order valence-electron chi connectivity index (χ3n) is 3.55. The second kappa shape index (κ2) is 5.61. The minimum absolute atomic E-state index is 0.244. The van der Waals surface area contributed by atoms with Gasteiger partial charge in [0.1, 0.15) is 4.90 Å². The van der Waals surface area contributed by atoms with Gasteiger partial charge in [-0.2, -0.15) is 14.5 Å². The highest BCUT2D eigenvalue weighted by molar-refractivity contribution is 7.89. The molecule has 0 atom stereocenters. The van der Waals surface area contributed by atoms with Crippen molar-refractivity contribution < 1.29 is 8.42 Å². The van der Waals surface area contributed by atoms with E-state index in [0.717, 1.165) is 17.8 Å². The summed E-state index contributed by atoms with van der Waals surface area (Å²) in [4.78, 5) is 0.244. The summed E-state index contributed by atoms with van der Waals surface area (Å²) in [6, 6.07) is 0. The van der Waals surface area contributed by atoms with E-state index in [1.165, 1.54) is 15.2 Å². The number of hydrogen-bond acceptors (Lipinski definition) is 4. The zero-order valence-electron chi connectivity index (χ0n) is 13.0. The van der Waals surface area contributed by atoms with Crippen LogP contribution in [0.4, 0.5) is 0 Å². The first-order valence-corrected chi connectivity index (χ1v) is 8.19. The highest BCUT2D eigenvalue weighted by Crippen LogP contribution is 2.20. The molecule has 0 aliphatic carbocycles. The van der Waals surface area contributed by atoms with Crippen molar-refractivity contribution in [1.29, 1.82) is 0 Å². The Morgan fingerprint density at radius 2 is 2.00 bits per heavy atom. The van der Waals surface area contributed by atoms with Gasteiger partial charge in [0, 0.05) is 44.6 Å². The van der Waals surface area contributed by atoms with Crippen LogP contribution in [-0.4, -0.2) is 39.3 Å². The van der Waals surface area contributed by atoms with Gasteiger partial charge < -0.3 is 0 Å². The minimum Gasteiger partial charge on any atom is -0.274 e. The van der Waals surface area contributed by atoms with Crippen LogP contribution in [0.25, 0.3) is 0 Å². The lowest BCUT2D eigenvalue weighted by Gasteiger charge is -2.16. The Hall–Kier alpha value is -1.67. The van der Waals surface area contributed by atoms with Crippen molar-refractivity contribution in [3.63, 3.8) is 0 Å². The molecule has 2 rings (SSSR count). The molecule has 116 valence electrons. The molecule has 0 aliphatic rings. The average Bonchev–Trinajstić information content (AvgIpc) is 2.93. The quantitative estimate of drug-likeness (QED) is 0.828. The van der Waals surface area contributed by atoms with Crippen LogP contribution in [0.1, 0.15) is 23.9 Å². The molecular formula is C13H21N5O2S. The SMILES string of the molecule is CCn1ncc(CN(C)S(=O)(=O)c2cn(C)nc2C)c1C. The second-order valence-electron chi connectivity index (χ2n) is 5.08. The van der Waals surface area contributed by atoms with Crippen molar-refractivity contribution in [2.24, 2.45) is 7.05 Å². The van der Waals surface area contributed by atoms with Gasteiger partial charge >= 0.3 is 0 Å². The zero-order valence-corrected chi connectivity index (χ0v) is 13.8. The summed E-state index contributed by atoms with van der Waals surface area (Å²) in [5.41, 5.74) is 2.40. The fourth-order valence-electron chi connectivity index (χ4n) is 2.28. The molecule has 0 aliphatic heterocycles. The Kier molecular flexibility index (Phi) is 4.20. The number of rotatable bonds is 5. The molecule has 2 aromatic rings. The maximum Gasteiger partial charge on any atom is 0.246 e. The summed E-state index contributed by atoms with van der Waals surface area (Å²) in [5, 5.41) is 8.34. The second-order valence-corrected chi connectivity index (χ2v) is 7.10. The normalized spacial score (nSPS) is 12.3. The molecule has 2 aromatic heterocycles. The van der Waals surface area contributed by atoms with Gasteiger partial charge in [0.2, 0.25) is 10.0 Å². The summed E-state index contributed by atoms with van der Waals surface area (Å²) >= 11 is 0. The van der Waals surface area contributed by atoms with Crippen molar-refractivity contribution in [3.8, 4) is 0 Å². The lowest BCUT2D eigenvalue weighted by Crippen LogP contribution is -2.27. The summed E-state index contributed by atoms with van der Waals surface area (Å²) < 4.78 is 29.9. The Labute approximate surface area is 125 Å². The molecule has 2 heterocycles. The Morgan fingerprint density at radius 1 is 1.33 bits per heavy atom. The van der Waals surface area contributed by atoms with Crippen molar-refractivity contribution in [1.82, 2.24) is 23.9 Å². The largest absolute Gasteiger partial charge is 0.274 e. The smallest absolute Gasteiger partial charge is 0.246 e. The molecule has 0 amide bonds. The van der Waals surface area contributed by atoms with E-state index in [1.807, 2.05) is 18.5 Å². The van der Waals surface area contributed by atoms with E-state index in [9.17, 15) is 8.42 Å². The van der Waals surface area contributed by atoms with Crippen LogP contribution in [-0.2, 0) is 30.2 Å². The van der Waals surface area contributed by atoms with Crippen LogP contribution in [0.5, 0.6) is 0 Å². The van der Waals surface area contributed by atoms with Crippen LogP contribution in [0.15, 0.2) is 17.3 Å². The van der Waals surface area contributed by atoms with E-state index < -0.39 is 10.0 Å². The third-order valence-corrected chi connectivity index (χ3v) is 5.46. The monoisotopic (exact) mass is 311 g/mol. The van der Waals surface area contributed by atoms with Crippen molar-refractivity contribution >= 4 is 10.0 Å². The Morgan fingerprint density at radius 3 is 2.48 bits per heavy atom. The number of aryl methyl sites for hydroxylation is 3. The van der Waals surface area contributed by atoms with Gasteiger partial charge in [-0.05, 0) is 20.8 Å². The molecule has 0 unspecified atom stereocenters. The first-order valence-electron chi connectivity index (χ1n) is 6.75. The molecule has 0 aromatic carbocycles. The highest BCUT2D eigenvalue weighted by Gasteiger charge is 2.26. The van der Waals surface area contributed by atoms with Gasteiger partial charge in [-0.3, -0.25) is 9.36 Å². The fourth-order valence-corrected chi connectivity index (χ4v) is 3.63. The first-order chi connectivity index (χ1) is 9.77. The van der Waals surface area contributed by atoms with E-state index in [-0.39, 0.29) is 4.90 Å². The van der Waals surface area contributed by atoms with Gasteiger partial charge in [-0.25, -0.2) is 8.42 Å². The predicted molar refractivity (Wildman–Crippen MR) is 79.2 cm³/mol. The van der Waals surface area contributed by atoms with E-state index in [1.54, 1.807) is 27.2 Å². The zero-order chi connectivity index (χ0) is 15.8. The average molecular weight is 311 g/mol. The lowest BCUT2D eigenvalue weighted by molar-refractivity contribution is 0.465. The molecule has 0 N–H and O–H groups in total. The topological polar surface area (TPSA) is 73.0 Å². The molecule has 0 bridgehead atoms. The molecule has 0 saturated carbocycles. The van der Waals surface area contributed by atoms with E-state index >= 15 is 0 Å². The van der Waals surface area contributed by atoms with E-state index in [0.29, 0.717) is 12.2 Å². The van der Waals surface area contributed by atoms with Gasteiger partial charge in [-0.15, -0.1) is 0 Å². The van der Waals surface area contributed by atoms with Gasteiger partial charge in [0.15, 0.2) is 0 Å². The molecule has 0 saturated heterocycles. The maximum atomic E-state index is 12.6. The van der Waals surface area contributed by atoms with E-state index in [4.69, 9.17) is 0 Å². The fraction of sp³-hybridized carbons (Fsp3) is 0.538. The first kappa shape index (κ1) is 15.7. The van der Waals surface area contributed by atoms with Crippen LogP contribution in [0.2, 0.25) is 0 Å². The molecule has 7 nitrogen and oxygen atoms in total. The maximum absolute atomic E-state index is 12.6. The summed E-state index contributed by atoms with van der Waals surface area (Å²) in [7, 11) is -0.265. The molecule has 0 radical (unpaired) electrons. The number of aromatic nitrogens is 4. The van der Waals surface area contributed by atoms with Crippen LogP contribution < -0.4 is 0 Å². The van der Waals surface area contributed by atoms with Crippen LogP contribution >= 0.6 is 0 Å². The lowest BCUT2D eigenvalue weighted by atomic mass is 10.2. The standard InChI is InChI=1S/C13H21N5O2S/c1-6-18-11(3)12(7-14-18)8-17(5)21(19,20)13-9-16(4)15-10(13)2/h7,9H,6,8H2,1-5H3. The number of nitrogens with zero attached hydrogens (tertiary/aromatic N) is 5. The van der Waals surface area contributed by atoms with Gasteiger partial charge in [0.05, 0.1) is 11.9 Å². The summed E-state index contributed by atoms with van der Waals surface area (Å²) in [5.74, 6) is 0. The van der Waals surface area contributed by atoms with Crippen molar-refractivity contribution in [2.45, 2.75) is 38.8 Å². The molecule has 0 fully saturated rings. The molecule has 8 heteroatoms. The Balaban J connectivity index is 2.28. The molecule has 21 heavy (non-hydrogen) atoms.